The summed E-state index contributed by atoms with van der Waals surface area (Å²) in [4.78, 5) is 0. The number of hydrogen-bond donors (Lipinski definition) is 1. The minimum Gasteiger partial charge on any atom is -0.504 e. The van der Waals surface area contributed by atoms with Crippen LogP contribution in [0.5, 0.6) is 11.5 Å². The molecule has 2 aromatic carbocycles. The minimum absolute atomic E-state index is 0.152. The monoisotopic (exact) mass is 308 g/mol. The fourth-order valence-corrected chi connectivity index (χ4v) is 2.60. The second-order valence-electron chi connectivity index (χ2n) is 5.54. The Bertz CT molecular complexity index is 760. The van der Waals surface area contributed by atoms with Crippen molar-refractivity contribution >= 4 is 0 Å². The first-order valence-electron chi connectivity index (χ1n) is 7.72. The van der Waals surface area contributed by atoms with Crippen molar-refractivity contribution in [3.63, 3.8) is 0 Å². The van der Waals surface area contributed by atoms with E-state index in [0.29, 0.717) is 12.2 Å². The summed E-state index contributed by atoms with van der Waals surface area (Å²) in [5.74, 6) is 2.55. The van der Waals surface area contributed by atoms with Crippen LogP contribution in [0.4, 0.5) is 0 Å². The van der Waals surface area contributed by atoms with Crippen molar-refractivity contribution in [3.8, 4) is 11.5 Å². The second kappa shape index (κ2) is 7.05. The van der Waals surface area contributed by atoms with Crippen LogP contribution in [0.1, 0.15) is 22.6 Å². The Morgan fingerprint density at radius 1 is 0.870 bits per heavy atom. The van der Waals surface area contributed by atoms with Crippen LogP contribution in [0.15, 0.2) is 65.1 Å². The lowest BCUT2D eigenvalue weighted by Crippen LogP contribution is -1.90. The van der Waals surface area contributed by atoms with Crippen molar-refractivity contribution in [2.75, 3.05) is 7.11 Å². The number of methoxy groups -OCH3 is 1. The predicted molar refractivity (Wildman–Crippen MR) is 90.0 cm³/mol. The van der Waals surface area contributed by atoms with Crippen LogP contribution in [-0.2, 0) is 19.3 Å². The number of aromatic hydroxyl groups is 1. The highest BCUT2D eigenvalue weighted by Gasteiger charge is 2.07. The number of rotatable bonds is 6. The van der Waals surface area contributed by atoms with E-state index in [1.54, 1.807) is 13.2 Å². The van der Waals surface area contributed by atoms with Gasteiger partial charge in [-0.3, -0.25) is 0 Å². The summed E-state index contributed by atoms with van der Waals surface area (Å²) in [6, 6.07) is 19.8. The maximum atomic E-state index is 9.63. The predicted octanol–water partition coefficient (Wildman–Crippen LogP) is 4.37. The minimum atomic E-state index is 0.152. The molecule has 1 N–H and O–H groups in total. The molecule has 0 saturated heterocycles. The fraction of sp³-hybridized carbons (Fsp3) is 0.200. The highest BCUT2D eigenvalue weighted by Crippen LogP contribution is 2.27. The van der Waals surface area contributed by atoms with Crippen molar-refractivity contribution in [2.45, 2.75) is 19.3 Å². The summed E-state index contributed by atoms with van der Waals surface area (Å²) in [5, 5.41) is 9.63. The molecule has 0 bridgehead atoms. The second-order valence-corrected chi connectivity index (χ2v) is 5.54. The summed E-state index contributed by atoms with van der Waals surface area (Å²) >= 11 is 0. The van der Waals surface area contributed by atoms with Gasteiger partial charge in [0, 0.05) is 12.8 Å². The Morgan fingerprint density at radius 2 is 1.65 bits per heavy atom. The number of aryl methyl sites for hydroxylation is 2. The van der Waals surface area contributed by atoms with E-state index in [-0.39, 0.29) is 5.75 Å². The van der Waals surface area contributed by atoms with Crippen molar-refractivity contribution in [2.24, 2.45) is 0 Å². The lowest BCUT2D eigenvalue weighted by molar-refractivity contribution is 0.373. The van der Waals surface area contributed by atoms with Gasteiger partial charge in [0.1, 0.15) is 11.5 Å². The van der Waals surface area contributed by atoms with Crippen LogP contribution in [0.25, 0.3) is 0 Å². The molecular formula is C20H20O3. The van der Waals surface area contributed by atoms with E-state index in [0.717, 1.165) is 29.9 Å². The summed E-state index contributed by atoms with van der Waals surface area (Å²) in [6.07, 6.45) is 2.55. The van der Waals surface area contributed by atoms with Gasteiger partial charge in [-0.1, -0.05) is 36.4 Å². The molecule has 23 heavy (non-hydrogen) atoms. The molecule has 0 amide bonds. The van der Waals surface area contributed by atoms with Gasteiger partial charge in [-0.2, -0.15) is 0 Å². The van der Waals surface area contributed by atoms with E-state index in [2.05, 4.69) is 24.3 Å². The lowest BCUT2D eigenvalue weighted by Gasteiger charge is -2.05. The molecule has 3 heteroatoms. The van der Waals surface area contributed by atoms with Gasteiger partial charge in [0.2, 0.25) is 0 Å². The van der Waals surface area contributed by atoms with Crippen molar-refractivity contribution in [1.29, 1.82) is 0 Å². The van der Waals surface area contributed by atoms with E-state index in [1.165, 1.54) is 5.56 Å². The van der Waals surface area contributed by atoms with Crippen molar-refractivity contribution < 1.29 is 14.3 Å². The van der Waals surface area contributed by atoms with Crippen LogP contribution >= 0.6 is 0 Å². The average Bonchev–Trinajstić information content (AvgIpc) is 3.03. The van der Waals surface area contributed by atoms with Crippen LogP contribution < -0.4 is 4.74 Å². The maximum Gasteiger partial charge on any atom is 0.160 e. The first-order chi connectivity index (χ1) is 11.2. The van der Waals surface area contributed by atoms with Gasteiger partial charge >= 0.3 is 0 Å². The number of phenols is 1. The summed E-state index contributed by atoms with van der Waals surface area (Å²) < 4.78 is 11.0. The van der Waals surface area contributed by atoms with Gasteiger partial charge in [0.05, 0.1) is 7.11 Å². The number of benzene rings is 2. The molecule has 0 radical (unpaired) electrons. The van der Waals surface area contributed by atoms with Crippen LogP contribution in [0.3, 0.4) is 0 Å². The standard InChI is InChI=1S/C20H20O3/c1-22-20-14-16(8-12-19(20)21)13-18-11-10-17(23-18)9-7-15-5-3-2-4-6-15/h2-6,8,10-12,14,21H,7,9,13H2,1H3. The molecule has 0 spiro atoms. The van der Waals surface area contributed by atoms with Gasteiger partial charge in [0.25, 0.3) is 0 Å². The SMILES string of the molecule is COc1cc(Cc2ccc(CCc3ccccc3)o2)ccc1O. The topological polar surface area (TPSA) is 42.6 Å². The van der Waals surface area contributed by atoms with Crippen molar-refractivity contribution in [1.82, 2.24) is 0 Å². The highest BCUT2D eigenvalue weighted by atomic mass is 16.5. The Balaban J connectivity index is 1.63. The Kier molecular flexibility index (Phi) is 4.67. The normalized spacial score (nSPS) is 10.7. The fourth-order valence-electron chi connectivity index (χ4n) is 2.60. The first kappa shape index (κ1) is 15.2. The molecule has 3 nitrogen and oxygen atoms in total. The van der Waals surface area contributed by atoms with Crippen LogP contribution in [0, 0.1) is 0 Å². The molecule has 1 aromatic heterocycles. The molecule has 3 rings (SSSR count). The quantitative estimate of drug-likeness (QED) is 0.735. The van der Waals surface area contributed by atoms with E-state index in [1.807, 2.05) is 30.3 Å². The molecule has 0 fully saturated rings. The molecule has 0 aliphatic carbocycles. The third-order valence-corrected chi connectivity index (χ3v) is 3.84. The summed E-state index contributed by atoms with van der Waals surface area (Å²) in [6.45, 7) is 0. The number of ether oxygens (including phenoxy) is 1. The number of hydrogen-bond acceptors (Lipinski definition) is 3. The smallest absolute Gasteiger partial charge is 0.160 e. The molecule has 1 heterocycles. The molecule has 0 unspecified atom stereocenters. The van der Waals surface area contributed by atoms with Gasteiger partial charge in [-0.05, 0) is 41.8 Å². The third kappa shape index (κ3) is 3.95. The third-order valence-electron chi connectivity index (χ3n) is 3.84. The molecular weight excluding hydrogens is 288 g/mol. The lowest BCUT2D eigenvalue weighted by atomic mass is 10.1. The van der Waals surface area contributed by atoms with E-state index >= 15 is 0 Å². The van der Waals surface area contributed by atoms with Gasteiger partial charge in [-0.15, -0.1) is 0 Å². The molecule has 0 atom stereocenters. The van der Waals surface area contributed by atoms with Crippen LogP contribution in [0.2, 0.25) is 0 Å². The maximum absolute atomic E-state index is 9.63. The first-order valence-corrected chi connectivity index (χ1v) is 7.72. The number of phenolic OH excluding ortho intramolecular Hbond substituents is 1. The molecule has 0 saturated carbocycles. The Labute approximate surface area is 136 Å². The highest BCUT2D eigenvalue weighted by molar-refractivity contribution is 5.42. The Hall–Kier alpha value is -2.68. The van der Waals surface area contributed by atoms with Crippen LogP contribution in [-0.4, -0.2) is 12.2 Å². The van der Waals surface area contributed by atoms with E-state index in [9.17, 15) is 5.11 Å². The average molecular weight is 308 g/mol. The zero-order valence-electron chi connectivity index (χ0n) is 13.2. The number of furan rings is 1. The molecule has 3 aromatic rings. The largest absolute Gasteiger partial charge is 0.504 e. The molecule has 118 valence electrons. The van der Waals surface area contributed by atoms with Gasteiger partial charge < -0.3 is 14.3 Å². The zero-order valence-corrected chi connectivity index (χ0v) is 13.2. The van der Waals surface area contributed by atoms with E-state index < -0.39 is 0 Å². The van der Waals surface area contributed by atoms with Gasteiger partial charge in [-0.25, -0.2) is 0 Å². The van der Waals surface area contributed by atoms with Crippen molar-refractivity contribution in [3.05, 3.63) is 83.3 Å². The molecule has 0 aliphatic heterocycles. The zero-order chi connectivity index (χ0) is 16.1. The van der Waals surface area contributed by atoms with E-state index in [4.69, 9.17) is 9.15 Å². The molecule has 0 aliphatic rings. The Morgan fingerprint density at radius 3 is 2.43 bits per heavy atom. The summed E-state index contributed by atoms with van der Waals surface area (Å²) in [5.41, 5.74) is 2.36. The van der Waals surface area contributed by atoms with Gasteiger partial charge in [0.15, 0.2) is 11.5 Å². The summed E-state index contributed by atoms with van der Waals surface area (Å²) in [7, 11) is 1.55.